The maximum atomic E-state index is 13.3. The summed E-state index contributed by atoms with van der Waals surface area (Å²) < 4.78 is 19.5. The second kappa shape index (κ2) is 6.17. The third kappa shape index (κ3) is 3.33. The molecule has 0 unspecified atom stereocenters. The summed E-state index contributed by atoms with van der Waals surface area (Å²) in [5.41, 5.74) is 1.07. The zero-order chi connectivity index (χ0) is 13.8. The molecule has 0 atom stereocenters. The van der Waals surface area contributed by atoms with Crippen LogP contribution >= 0.6 is 27.5 Å². The highest BCUT2D eigenvalue weighted by molar-refractivity contribution is 9.10. The van der Waals surface area contributed by atoms with E-state index in [0.717, 1.165) is 0 Å². The molecule has 98 valence electrons. The monoisotopic (exact) mass is 342 g/mol. The van der Waals surface area contributed by atoms with E-state index >= 15 is 0 Å². The van der Waals surface area contributed by atoms with Crippen LogP contribution in [0.1, 0.15) is 15.9 Å². The molecule has 0 saturated heterocycles. The van der Waals surface area contributed by atoms with Gasteiger partial charge >= 0.3 is 0 Å². The molecule has 2 aromatic carbocycles. The lowest BCUT2D eigenvalue weighted by Gasteiger charge is -2.10. The minimum Gasteiger partial charge on any atom is -0.487 e. The third-order valence-electron chi connectivity index (χ3n) is 2.49. The number of aldehydes is 1. The molecule has 19 heavy (non-hydrogen) atoms. The SMILES string of the molecule is O=Cc1cccc(Br)c1OCc1ccc(Cl)c(F)c1. The number of para-hydroxylation sites is 1. The van der Waals surface area contributed by atoms with Gasteiger partial charge < -0.3 is 4.74 Å². The Hall–Kier alpha value is -1.39. The molecule has 0 aliphatic rings. The van der Waals surface area contributed by atoms with Gasteiger partial charge in [-0.05, 0) is 45.8 Å². The molecule has 0 radical (unpaired) electrons. The Labute approximate surface area is 123 Å². The highest BCUT2D eigenvalue weighted by atomic mass is 79.9. The fraction of sp³-hybridized carbons (Fsp3) is 0.0714. The van der Waals surface area contributed by atoms with E-state index in [0.29, 0.717) is 27.6 Å². The number of hydrogen-bond donors (Lipinski definition) is 0. The maximum Gasteiger partial charge on any atom is 0.153 e. The molecule has 0 N–H and O–H groups in total. The van der Waals surface area contributed by atoms with Gasteiger partial charge in [0.05, 0.1) is 15.1 Å². The van der Waals surface area contributed by atoms with Crippen molar-refractivity contribution < 1.29 is 13.9 Å². The predicted molar refractivity (Wildman–Crippen MR) is 75.3 cm³/mol. The van der Waals surface area contributed by atoms with Gasteiger partial charge in [0.1, 0.15) is 18.2 Å². The fourth-order valence-electron chi connectivity index (χ4n) is 1.56. The Morgan fingerprint density at radius 1 is 1.32 bits per heavy atom. The topological polar surface area (TPSA) is 26.3 Å². The van der Waals surface area contributed by atoms with Gasteiger partial charge in [0, 0.05) is 0 Å². The number of carbonyl (C=O) groups is 1. The number of hydrogen-bond acceptors (Lipinski definition) is 2. The summed E-state index contributed by atoms with van der Waals surface area (Å²) >= 11 is 8.91. The van der Waals surface area contributed by atoms with Crippen LogP contribution < -0.4 is 4.74 Å². The summed E-state index contributed by atoms with van der Waals surface area (Å²) in [6.45, 7) is 0.150. The van der Waals surface area contributed by atoms with Crippen LogP contribution in [-0.4, -0.2) is 6.29 Å². The van der Waals surface area contributed by atoms with Crippen molar-refractivity contribution in [3.8, 4) is 5.75 Å². The third-order valence-corrected chi connectivity index (χ3v) is 3.42. The largest absolute Gasteiger partial charge is 0.487 e. The molecule has 2 aromatic rings. The van der Waals surface area contributed by atoms with Crippen molar-refractivity contribution in [2.24, 2.45) is 0 Å². The summed E-state index contributed by atoms with van der Waals surface area (Å²) in [7, 11) is 0. The van der Waals surface area contributed by atoms with Crippen LogP contribution in [0.2, 0.25) is 5.02 Å². The minimum absolute atomic E-state index is 0.0678. The van der Waals surface area contributed by atoms with Crippen molar-refractivity contribution in [2.75, 3.05) is 0 Å². The van der Waals surface area contributed by atoms with Crippen molar-refractivity contribution in [3.05, 3.63) is 62.8 Å². The van der Waals surface area contributed by atoms with Crippen molar-refractivity contribution in [1.29, 1.82) is 0 Å². The van der Waals surface area contributed by atoms with E-state index < -0.39 is 5.82 Å². The smallest absolute Gasteiger partial charge is 0.153 e. The Morgan fingerprint density at radius 3 is 2.79 bits per heavy atom. The first-order valence-corrected chi connectivity index (χ1v) is 6.59. The van der Waals surface area contributed by atoms with Gasteiger partial charge in [-0.3, -0.25) is 4.79 Å². The number of ether oxygens (including phenoxy) is 1. The molecule has 0 amide bonds. The molecule has 2 nitrogen and oxygen atoms in total. The first-order valence-electron chi connectivity index (χ1n) is 5.42. The summed E-state index contributed by atoms with van der Waals surface area (Å²) in [6.07, 6.45) is 0.711. The number of benzene rings is 2. The molecule has 0 aliphatic carbocycles. The molecule has 0 bridgehead atoms. The Bertz CT molecular complexity index is 616. The van der Waals surface area contributed by atoms with Gasteiger partial charge in [0.15, 0.2) is 6.29 Å². The zero-order valence-electron chi connectivity index (χ0n) is 9.70. The molecule has 0 aromatic heterocycles. The van der Waals surface area contributed by atoms with Crippen molar-refractivity contribution >= 4 is 33.8 Å². The molecule has 0 heterocycles. The maximum absolute atomic E-state index is 13.3. The number of rotatable bonds is 4. The van der Waals surface area contributed by atoms with E-state index in [1.54, 1.807) is 24.3 Å². The molecule has 0 fully saturated rings. The Morgan fingerprint density at radius 2 is 2.11 bits per heavy atom. The Kier molecular flexibility index (Phi) is 4.56. The van der Waals surface area contributed by atoms with Crippen molar-refractivity contribution in [1.82, 2.24) is 0 Å². The highest BCUT2D eigenvalue weighted by Gasteiger charge is 2.08. The summed E-state index contributed by atoms with van der Waals surface area (Å²) in [6, 6.07) is 9.60. The molecule has 0 saturated carbocycles. The van der Waals surface area contributed by atoms with E-state index in [1.165, 1.54) is 12.1 Å². The molecular weight excluding hydrogens is 335 g/mol. The van der Waals surface area contributed by atoms with Crippen molar-refractivity contribution in [2.45, 2.75) is 6.61 Å². The van der Waals surface area contributed by atoms with Crippen LogP contribution in [0.5, 0.6) is 5.75 Å². The summed E-state index contributed by atoms with van der Waals surface area (Å²) in [5.74, 6) is -0.0571. The van der Waals surface area contributed by atoms with Crippen LogP contribution in [0.25, 0.3) is 0 Å². The normalized spacial score (nSPS) is 10.3. The fourth-order valence-corrected chi connectivity index (χ4v) is 2.17. The molecule has 0 spiro atoms. The first kappa shape index (κ1) is 14.0. The first-order chi connectivity index (χ1) is 9.11. The van der Waals surface area contributed by atoms with Gasteiger partial charge in [-0.15, -0.1) is 0 Å². The zero-order valence-corrected chi connectivity index (χ0v) is 12.0. The molecular formula is C14H9BrClFO2. The van der Waals surface area contributed by atoms with Crippen LogP contribution in [-0.2, 0) is 6.61 Å². The average molecular weight is 344 g/mol. The van der Waals surface area contributed by atoms with Crippen LogP contribution in [0.15, 0.2) is 40.9 Å². The minimum atomic E-state index is -0.495. The molecule has 5 heteroatoms. The summed E-state index contributed by atoms with van der Waals surface area (Å²) in [4.78, 5) is 10.9. The van der Waals surface area contributed by atoms with Gasteiger partial charge in [0.2, 0.25) is 0 Å². The van der Waals surface area contributed by atoms with Crippen molar-refractivity contribution in [3.63, 3.8) is 0 Å². The van der Waals surface area contributed by atoms with Gasteiger partial charge in [0.25, 0.3) is 0 Å². The van der Waals surface area contributed by atoms with Gasteiger partial charge in [-0.1, -0.05) is 23.7 Å². The predicted octanol–water partition coefficient (Wildman–Crippen LogP) is 4.63. The molecule has 2 rings (SSSR count). The molecule has 0 aliphatic heterocycles. The van der Waals surface area contributed by atoms with E-state index in [2.05, 4.69) is 15.9 Å². The van der Waals surface area contributed by atoms with E-state index in [-0.39, 0.29) is 11.6 Å². The average Bonchev–Trinajstić information content (AvgIpc) is 2.41. The van der Waals surface area contributed by atoms with Crippen LogP contribution in [0.3, 0.4) is 0 Å². The lowest BCUT2D eigenvalue weighted by Crippen LogP contribution is -1.99. The second-order valence-electron chi connectivity index (χ2n) is 3.81. The van der Waals surface area contributed by atoms with Crippen LogP contribution in [0, 0.1) is 5.82 Å². The lowest BCUT2D eigenvalue weighted by molar-refractivity contribution is 0.111. The second-order valence-corrected chi connectivity index (χ2v) is 5.07. The van der Waals surface area contributed by atoms with E-state index in [4.69, 9.17) is 16.3 Å². The highest BCUT2D eigenvalue weighted by Crippen LogP contribution is 2.29. The Balaban J connectivity index is 2.18. The number of carbonyl (C=O) groups excluding carboxylic acids is 1. The summed E-state index contributed by atoms with van der Waals surface area (Å²) in [5, 5.41) is 0.0678. The lowest BCUT2D eigenvalue weighted by atomic mass is 10.2. The van der Waals surface area contributed by atoms with Gasteiger partial charge in [-0.2, -0.15) is 0 Å². The quantitative estimate of drug-likeness (QED) is 0.756. The van der Waals surface area contributed by atoms with Gasteiger partial charge in [-0.25, -0.2) is 4.39 Å². The van der Waals surface area contributed by atoms with Crippen LogP contribution in [0.4, 0.5) is 4.39 Å². The number of halogens is 3. The standard InChI is InChI=1S/C14H9BrClFO2/c15-11-3-1-2-10(7-18)14(11)19-8-9-4-5-12(16)13(17)6-9/h1-7H,8H2. The van der Waals surface area contributed by atoms with E-state index in [9.17, 15) is 9.18 Å². The van der Waals surface area contributed by atoms with E-state index in [1.807, 2.05) is 0 Å².